The van der Waals surface area contributed by atoms with E-state index in [1.165, 1.54) is 6.07 Å². The molecule has 0 atom stereocenters. The third kappa shape index (κ3) is 7.32. The molecule has 0 saturated heterocycles. The van der Waals surface area contributed by atoms with Crippen molar-refractivity contribution in [2.75, 3.05) is 11.9 Å². The normalized spacial score (nSPS) is 14.2. The molecule has 36 heavy (non-hydrogen) atoms. The number of ether oxygens (including phenoxy) is 2. The third-order valence-corrected chi connectivity index (χ3v) is 7.65. The third-order valence-electron chi connectivity index (χ3n) is 6.13. The van der Waals surface area contributed by atoms with Gasteiger partial charge in [-0.25, -0.2) is 13.1 Å². The van der Waals surface area contributed by atoms with Crippen molar-refractivity contribution in [3.8, 4) is 11.5 Å². The Kier molecular flexibility index (Phi) is 8.61. The summed E-state index contributed by atoms with van der Waals surface area (Å²) in [4.78, 5) is 12.6. The van der Waals surface area contributed by atoms with E-state index in [4.69, 9.17) is 9.47 Å². The number of aryl methyl sites for hydroxylation is 1. The summed E-state index contributed by atoms with van der Waals surface area (Å²) in [6, 6.07) is 21.7. The number of amides is 1. The zero-order chi connectivity index (χ0) is 25.4. The predicted octanol–water partition coefficient (Wildman–Crippen LogP) is 5.20. The Morgan fingerprint density at radius 1 is 0.917 bits per heavy atom. The molecule has 0 bridgehead atoms. The quantitative estimate of drug-likeness (QED) is 0.393. The van der Waals surface area contributed by atoms with Gasteiger partial charge in [0.15, 0.2) is 6.61 Å². The number of rotatable bonds is 10. The lowest BCUT2D eigenvalue weighted by Crippen LogP contribution is -2.36. The lowest BCUT2D eigenvalue weighted by molar-refractivity contribution is -0.118. The van der Waals surface area contributed by atoms with Gasteiger partial charge in [-0.1, -0.05) is 49.6 Å². The van der Waals surface area contributed by atoms with Gasteiger partial charge in [-0.3, -0.25) is 4.79 Å². The molecule has 1 saturated carbocycles. The minimum atomic E-state index is -3.59. The molecule has 190 valence electrons. The summed E-state index contributed by atoms with van der Waals surface area (Å²) in [6.07, 6.45) is 5.00. The summed E-state index contributed by atoms with van der Waals surface area (Å²) < 4.78 is 39.7. The summed E-state index contributed by atoms with van der Waals surface area (Å²) in [5, 5.41) is 2.79. The second-order valence-electron chi connectivity index (χ2n) is 9.02. The zero-order valence-electron chi connectivity index (χ0n) is 20.4. The Labute approximate surface area is 212 Å². The average Bonchev–Trinajstić information content (AvgIpc) is 2.88. The number of carbonyl (C=O) groups is 1. The largest absolute Gasteiger partial charge is 0.489 e. The lowest BCUT2D eigenvalue weighted by Gasteiger charge is -2.22. The first-order chi connectivity index (χ1) is 17.4. The molecule has 3 aromatic rings. The van der Waals surface area contributed by atoms with Gasteiger partial charge in [-0.15, -0.1) is 0 Å². The van der Waals surface area contributed by atoms with Crippen LogP contribution < -0.4 is 19.5 Å². The van der Waals surface area contributed by atoms with Gasteiger partial charge in [0.2, 0.25) is 10.0 Å². The molecular weight excluding hydrogens is 476 g/mol. The van der Waals surface area contributed by atoms with Crippen molar-refractivity contribution < 1.29 is 22.7 Å². The molecule has 8 heteroatoms. The fourth-order valence-electron chi connectivity index (χ4n) is 4.17. The van der Waals surface area contributed by atoms with Crippen molar-refractivity contribution in [1.29, 1.82) is 0 Å². The topological polar surface area (TPSA) is 93.7 Å². The Hall–Kier alpha value is -3.36. The number of hydrogen-bond donors (Lipinski definition) is 2. The number of hydrogen-bond acceptors (Lipinski definition) is 5. The summed E-state index contributed by atoms with van der Waals surface area (Å²) >= 11 is 0. The standard InChI is InChI=1S/C28H32N2O5S/c1-21-18-26(36(32,33)30-24-10-6-3-7-11-24)16-17-27(21)35-20-28(31)29-23-12-14-25(15-13-23)34-19-22-8-4-2-5-9-22/h2,4-5,8-9,12-18,24,30H,3,6-7,10-11,19-20H2,1H3,(H,29,31). The van der Waals surface area contributed by atoms with E-state index in [9.17, 15) is 13.2 Å². The van der Waals surface area contributed by atoms with Crippen LogP contribution in [0.25, 0.3) is 0 Å². The number of anilines is 1. The maximum Gasteiger partial charge on any atom is 0.262 e. The van der Waals surface area contributed by atoms with Crippen LogP contribution in [0.5, 0.6) is 11.5 Å². The van der Waals surface area contributed by atoms with Crippen LogP contribution in [-0.4, -0.2) is 27.0 Å². The van der Waals surface area contributed by atoms with Crippen molar-refractivity contribution in [1.82, 2.24) is 4.72 Å². The van der Waals surface area contributed by atoms with Gasteiger partial charge in [-0.2, -0.15) is 0 Å². The van der Waals surface area contributed by atoms with Crippen LogP contribution in [0, 0.1) is 6.92 Å². The number of benzene rings is 3. The van der Waals surface area contributed by atoms with Gasteiger partial charge in [0.1, 0.15) is 18.1 Å². The molecule has 0 unspecified atom stereocenters. The van der Waals surface area contributed by atoms with Crippen LogP contribution in [0.4, 0.5) is 5.69 Å². The van der Waals surface area contributed by atoms with Gasteiger partial charge in [0.05, 0.1) is 4.90 Å². The summed E-state index contributed by atoms with van der Waals surface area (Å²) in [6.45, 7) is 2.04. The zero-order valence-corrected chi connectivity index (χ0v) is 21.2. The highest BCUT2D eigenvalue weighted by atomic mass is 32.2. The Morgan fingerprint density at radius 2 is 1.64 bits per heavy atom. The van der Waals surface area contributed by atoms with Crippen LogP contribution in [-0.2, 0) is 21.4 Å². The Balaban J connectivity index is 1.26. The fraction of sp³-hybridized carbons (Fsp3) is 0.321. The highest BCUT2D eigenvalue weighted by molar-refractivity contribution is 7.89. The summed E-state index contributed by atoms with van der Waals surface area (Å²) in [7, 11) is -3.59. The van der Waals surface area contributed by atoms with Gasteiger partial charge < -0.3 is 14.8 Å². The van der Waals surface area contributed by atoms with Crippen LogP contribution in [0.2, 0.25) is 0 Å². The van der Waals surface area contributed by atoms with Crippen molar-refractivity contribution in [2.45, 2.75) is 56.6 Å². The van der Waals surface area contributed by atoms with Crippen LogP contribution >= 0.6 is 0 Å². The van der Waals surface area contributed by atoms with E-state index in [2.05, 4.69) is 10.0 Å². The molecule has 0 aromatic heterocycles. The molecule has 2 N–H and O–H groups in total. The van der Waals surface area contributed by atoms with E-state index in [0.29, 0.717) is 29.4 Å². The second-order valence-corrected chi connectivity index (χ2v) is 10.7. The molecule has 3 aromatic carbocycles. The lowest BCUT2D eigenvalue weighted by atomic mass is 9.96. The molecule has 0 radical (unpaired) electrons. The highest BCUT2D eigenvalue weighted by Gasteiger charge is 2.22. The first-order valence-corrected chi connectivity index (χ1v) is 13.7. The molecule has 1 fully saturated rings. The Morgan fingerprint density at radius 3 is 2.33 bits per heavy atom. The molecule has 1 aliphatic rings. The Bertz CT molecular complexity index is 1250. The van der Waals surface area contributed by atoms with Crippen LogP contribution in [0.3, 0.4) is 0 Å². The van der Waals surface area contributed by atoms with Crippen LogP contribution in [0.1, 0.15) is 43.2 Å². The molecule has 1 amide bonds. The molecule has 4 rings (SSSR count). The number of carbonyl (C=O) groups excluding carboxylic acids is 1. The first-order valence-electron chi connectivity index (χ1n) is 12.2. The summed E-state index contributed by atoms with van der Waals surface area (Å²) in [5.41, 5.74) is 2.35. The number of sulfonamides is 1. The molecule has 0 spiro atoms. The first kappa shape index (κ1) is 25.7. The molecular formula is C28H32N2O5S. The van der Waals surface area contributed by atoms with E-state index < -0.39 is 10.0 Å². The SMILES string of the molecule is Cc1cc(S(=O)(=O)NC2CCCCC2)ccc1OCC(=O)Nc1ccc(OCc2ccccc2)cc1. The van der Waals surface area contributed by atoms with E-state index >= 15 is 0 Å². The van der Waals surface area contributed by atoms with Gasteiger partial charge >= 0.3 is 0 Å². The van der Waals surface area contributed by atoms with Crippen LogP contribution in [0.15, 0.2) is 77.7 Å². The van der Waals surface area contributed by atoms with Gasteiger partial charge in [0, 0.05) is 11.7 Å². The van der Waals surface area contributed by atoms with Gasteiger partial charge in [0.25, 0.3) is 5.91 Å². The second kappa shape index (κ2) is 12.1. The minimum Gasteiger partial charge on any atom is -0.489 e. The minimum absolute atomic E-state index is 0.00633. The smallest absolute Gasteiger partial charge is 0.262 e. The highest BCUT2D eigenvalue weighted by Crippen LogP contribution is 2.24. The van der Waals surface area contributed by atoms with Crippen molar-refractivity contribution in [2.24, 2.45) is 0 Å². The van der Waals surface area contributed by atoms with Crippen molar-refractivity contribution in [3.63, 3.8) is 0 Å². The molecule has 0 heterocycles. The van der Waals surface area contributed by atoms with Gasteiger partial charge in [-0.05, 0) is 73.4 Å². The van der Waals surface area contributed by atoms with E-state index in [0.717, 1.165) is 37.7 Å². The molecule has 1 aliphatic carbocycles. The van der Waals surface area contributed by atoms with E-state index in [1.807, 2.05) is 30.3 Å². The number of nitrogens with one attached hydrogen (secondary N) is 2. The molecule has 0 aliphatic heterocycles. The maximum atomic E-state index is 12.7. The van der Waals surface area contributed by atoms with E-state index in [-0.39, 0.29) is 23.5 Å². The van der Waals surface area contributed by atoms with E-state index in [1.54, 1.807) is 43.3 Å². The van der Waals surface area contributed by atoms with Crippen molar-refractivity contribution >= 4 is 21.6 Å². The van der Waals surface area contributed by atoms with Crippen molar-refractivity contribution in [3.05, 3.63) is 83.9 Å². The summed E-state index contributed by atoms with van der Waals surface area (Å²) in [5.74, 6) is 0.853. The predicted molar refractivity (Wildman–Crippen MR) is 140 cm³/mol. The maximum absolute atomic E-state index is 12.7. The monoisotopic (exact) mass is 508 g/mol. The average molecular weight is 509 g/mol. The molecule has 7 nitrogen and oxygen atoms in total. The fourth-order valence-corrected chi connectivity index (χ4v) is 5.56.